The first kappa shape index (κ1) is 16.5. The van der Waals surface area contributed by atoms with Gasteiger partial charge in [0, 0.05) is 12.1 Å². The van der Waals surface area contributed by atoms with Gasteiger partial charge < -0.3 is 10.6 Å². The maximum atomic E-state index is 11.8. The molecule has 1 fully saturated rings. The zero-order chi connectivity index (χ0) is 14.1. The fraction of sp³-hybridized carbons (Fsp3) is 0.938. The standard InChI is InChI=1S/C16H32N2O/c1-4-6-13(3)18-16(19)12-17-15-10-8-14(7-5-2)9-11-15/h13-15,17H,4-12H2,1-3H3,(H,18,19). The second-order valence-electron chi connectivity index (χ2n) is 6.14. The van der Waals surface area contributed by atoms with Crippen LogP contribution in [0.25, 0.3) is 0 Å². The highest BCUT2D eigenvalue weighted by atomic mass is 16.1. The van der Waals surface area contributed by atoms with E-state index in [0.29, 0.717) is 18.6 Å². The second kappa shape index (κ2) is 9.35. The van der Waals surface area contributed by atoms with Crippen molar-refractivity contribution in [2.45, 2.75) is 84.2 Å². The molecule has 1 amide bonds. The van der Waals surface area contributed by atoms with Crippen molar-refractivity contribution in [1.29, 1.82) is 0 Å². The average Bonchev–Trinajstić information content (AvgIpc) is 2.38. The summed E-state index contributed by atoms with van der Waals surface area (Å²) in [7, 11) is 0. The molecule has 112 valence electrons. The van der Waals surface area contributed by atoms with Crippen molar-refractivity contribution in [3.8, 4) is 0 Å². The van der Waals surface area contributed by atoms with Crippen LogP contribution in [0.3, 0.4) is 0 Å². The zero-order valence-electron chi connectivity index (χ0n) is 13.0. The Kier molecular flexibility index (Phi) is 8.11. The number of carbonyl (C=O) groups excluding carboxylic acids is 1. The van der Waals surface area contributed by atoms with E-state index in [1.807, 2.05) is 0 Å². The lowest BCUT2D eigenvalue weighted by Crippen LogP contribution is -2.43. The Labute approximate surface area is 118 Å². The Balaban J connectivity index is 2.11. The third-order valence-electron chi connectivity index (χ3n) is 4.22. The van der Waals surface area contributed by atoms with E-state index in [-0.39, 0.29) is 5.91 Å². The van der Waals surface area contributed by atoms with Crippen LogP contribution in [0.1, 0.15) is 72.1 Å². The highest BCUT2D eigenvalue weighted by molar-refractivity contribution is 5.78. The molecule has 1 aliphatic rings. The van der Waals surface area contributed by atoms with Gasteiger partial charge in [0.15, 0.2) is 0 Å². The van der Waals surface area contributed by atoms with Crippen LogP contribution in [0.5, 0.6) is 0 Å². The van der Waals surface area contributed by atoms with Gasteiger partial charge in [-0.25, -0.2) is 0 Å². The lowest BCUT2D eigenvalue weighted by atomic mass is 9.83. The van der Waals surface area contributed by atoms with Crippen LogP contribution < -0.4 is 10.6 Å². The van der Waals surface area contributed by atoms with Crippen LogP contribution in [0.15, 0.2) is 0 Å². The summed E-state index contributed by atoms with van der Waals surface area (Å²) in [6.45, 7) is 6.98. The summed E-state index contributed by atoms with van der Waals surface area (Å²) in [5.41, 5.74) is 0. The second-order valence-corrected chi connectivity index (χ2v) is 6.14. The largest absolute Gasteiger partial charge is 0.353 e. The number of amides is 1. The van der Waals surface area contributed by atoms with Gasteiger partial charge in [-0.2, -0.15) is 0 Å². The minimum Gasteiger partial charge on any atom is -0.353 e. The average molecular weight is 268 g/mol. The fourth-order valence-corrected chi connectivity index (χ4v) is 3.13. The van der Waals surface area contributed by atoms with E-state index < -0.39 is 0 Å². The molecule has 0 heterocycles. The number of hydrogen-bond donors (Lipinski definition) is 2. The number of nitrogens with one attached hydrogen (secondary N) is 2. The van der Waals surface area contributed by atoms with E-state index in [0.717, 1.165) is 18.8 Å². The predicted octanol–water partition coefficient (Wildman–Crippen LogP) is 3.24. The van der Waals surface area contributed by atoms with Crippen molar-refractivity contribution in [1.82, 2.24) is 10.6 Å². The molecule has 3 heteroatoms. The van der Waals surface area contributed by atoms with Crippen molar-refractivity contribution >= 4 is 5.91 Å². The van der Waals surface area contributed by atoms with E-state index in [1.165, 1.54) is 38.5 Å². The molecule has 0 bridgehead atoms. The summed E-state index contributed by atoms with van der Waals surface area (Å²) in [5.74, 6) is 1.08. The third-order valence-corrected chi connectivity index (χ3v) is 4.22. The SMILES string of the molecule is CCCC1CCC(NCC(=O)NC(C)CCC)CC1. The topological polar surface area (TPSA) is 41.1 Å². The van der Waals surface area contributed by atoms with Gasteiger partial charge in [-0.05, 0) is 44.9 Å². The van der Waals surface area contributed by atoms with Gasteiger partial charge in [-0.3, -0.25) is 4.79 Å². The smallest absolute Gasteiger partial charge is 0.234 e. The number of hydrogen-bond acceptors (Lipinski definition) is 2. The van der Waals surface area contributed by atoms with Crippen LogP contribution in [0.4, 0.5) is 0 Å². The molecule has 1 rings (SSSR count). The summed E-state index contributed by atoms with van der Waals surface area (Å²) >= 11 is 0. The maximum Gasteiger partial charge on any atom is 0.234 e. The lowest BCUT2D eigenvalue weighted by molar-refractivity contribution is -0.121. The van der Waals surface area contributed by atoms with Crippen molar-refractivity contribution in [2.75, 3.05) is 6.54 Å². The molecular formula is C16H32N2O. The van der Waals surface area contributed by atoms with Crippen molar-refractivity contribution in [2.24, 2.45) is 5.92 Å². The van der Waals surface area contributed by atoms with Crippen molar-refractivity contribution < 1.29 is 4.79 Å². The molecule has 1 atom stereocenters. The van der Waals surface area contributed by atoms with Gasteiger partial charge in [-0.1, -0.05) is 33.1 Å². The van der Waals surface area contributed by atoms with Crippen LogP contribution in [-0.2, 0) is 4.79 Å². The maximum absolute atomic E-state index is 11.8. The summed E-state index contributed by atoms with van der Waals surface area (Å²) in [6.07, 6.45) is 10.0. The molecule has 1 unspecified atom stereocenters. The monoisotopic (exact) mass is 268 g/mol. The summed E-state index contributed by atoms with van der Waals surface area (Å²) < 4.78 is 0. The van der Waals surface area contributed by atoms with Gasteiger partial charge in [0.2, 0.25) is 5.91 Å². The quantitative estimate of drug-likeness (QED) is 0.709. The van der Waals surface area contributed by atoms with Crippen LogP contribution in [-0.4, -0.2) is 24.5 Å². The molecule has 1 aliphatic carbocycles. The zero-order valence-corrected chi connectivity index (χ0v) is 13.0. The molecule has 0 aromatic heterocycles. The third kappa shape index (κ3) is 6.95. The van der Waals surface area contributed by atoms with Gasteiger partial charge in [0.25, 0.3) is 0 Å². The number of rotatable bonds is 8. The van der Waals surface area contributed by atoms with E-state index in [9.17, 15) is 4.79 Å². The lowest BCUT2D eigenvalue weighted by Gasteiger charge is -2.29. The molecule has 0 aromatic rings. The molecule has 1 saturated carbocycles. The minimum atomic E-state index is 0.150. The van der Waals surface area contributed by atoms with E-state index in [2.05, 4.69) is 31.4 Å². The number of carbonyl (C=O) groups is 1. The molecule has 0 spiro atoms. The van der Waals surface area contributed by atoms with Crippen molar-refractivity contribution in [3.63, 3.8) is 0 Å². The van der Waals surface area contributed by atoms with Crippen molar-refractivity contribution in [3.05, 3.63) is 0 Å². The Morgan fingerprint density at radius 2 is 1.84 bits per heavy atom. The van der Waals surface area contributed by atoms with Gasteiger partial charge in [0.1, 0.15) is 0 Å². The van der Waals surface area contributed by atoms with Gasteiger partial charge >= 0.3 is 0 Å². The molecule has 0 aliphatic heterocycles. The summed E-state index contributed by atoms with van der Waals surface area (Å²) in [5, 5.41) is 6.47. The summed E-state index contributed by atoms with van der Waals surface area (Å²) in [6, 6.07) is 0.861. The van der Waals surface area contributed by atoms with Crippen LogP contribution >= 0.6 is 0 Å². The molecule has 19 heavy (non-hydrogen) atoms. The van der Waals surface area contributed by atoms with Gasteiger partial charge in [0.05, 0.1) is 6.54 Å². The van der Waals surface area contributed by atoms with Gasteiger partial charge in [-0.15, -0.1) is 0 Å². The van der Waals surface area contributed by atoms with Crippen LogP contribution in [0.2, 0.25) is 0 Å². The Morgan fingerprint density at radius 1 is 1.16 bits per heavy atom. The highest BCUT2D eigenvalue weighted by Crippen LogP contribution is 2.27. The normalized spacial score (nSPS) is 25.0. The molecule has 2 N–H and O–H groups in total. The van der Waals surface area contributed by atoms with Crippen LogP contribution in [0, 0.1) is 5.92 Å². The molecular weight excluding hydrogens is 236 g/mol. The fourth-order valence-electron chi connectivity index (χ4n) is 3.13. The van der Waals surface area contributed by atoms with E-state index in [4.69, 9.17) is 0 Å². The molecule has 3 nitrogen and oxygen atoms in total. The van der Waals surface area contributed by atoms with E-state index >= 15 is 0 Å². The molecule has 0 saturated heterocycles. The molecule has 0 radical (unpaired) electrons. The Morgan fingerprint density at radius 3 is 2.42 bits per heavy atom. The first-order valence-electron chi connectivity index (χ1n) is 8.18. The van der Waals surface area contributed by atoms with E-state index in [1.54, 1.807) is 0 Å². The Hall–Kier alpha value is -0.570. The predicted molar refractivity (Wildman–Crippen MR) is 81.2 cm³/mol. The Bertz CT molecular complexity index is 247. The molecule has 0 aromatic carbocycles. The first-order chi connectivity index (χ1) is 9.15. The minimum absolute atomic E-state index is 0.150. The first-order valence-corrected chi connectivity index (χ1v) is 8.18. The highest BCUT2D eigenvalue weighted by Gasteiger charge is 2.20. The summed E-state index contributed by atoms with van der Waals surface area (Å²) in [4.78, 5) is 11.8.